The average Bonchev–Trinajstić information content (AvgIpc) is 2.76. The third-order valence-corrected chi connectivity index (χ3v) is 7.00. The number of nitrogens with zero attached hydrogens (tertiary/aromatic N) is 1. The molecule has 0 fully saturated rings. The number of benzene rings is 2. The molecular formula is C26H36ClNO3. The normalized spacial score (nSPS) is 20.7. The second-order valence-corrected chi connectivity index (χ2v) is 9.53. The first-order valence-corrected chi connectivity index (χ1v) is 11.6. The van der Waals surface area contributed by atoms with Gasteiger partial charge >= 0.3 is 0 Å². The number of fused-ring (bicyclic) bond motifs is 1. The van der Waals surface area contributed by atoms with Gasteiger partial charge in [0.1, 0.15) is 0 Å². The number of methoxy groups -OCH3 is 2. The third-order valence-electron chi connectivity index (χ3n) is 6.77. The van der Waals surface area contributed by atoms with Crippen LogP contribution in [-0.2, 0) is 12.8 Å². The van der Waals surface area contributed by atoms with Gasteiger partial charge in [0.2, 0.25) is 0 Å². The maximum Gasteiger partial charge on any atom is 0.160 e. The lowest BCUT2D eigenvalue weighted by Crippen LogP contribution is -2.35. The molecule has 0 bridgehead atoms. The van der Waals surface area contributed by atoms with E-state index in [1.165, 1.54) is 11.1 Å². The second kappa shape index (κ2) is 10.7. The summed E-state index contributed by atoms with van der Waals surface area (Å²) in [6, 6.07) is 12.0. The summed E-state index contributed by atoms with van der Waals surface area (Å²) in [5, 5.41) is 11.9. The quantitative estimate of drug-likeness (QED) is 0.561. The maximum absolute atomic E-state index is 11.2. The van der Waals surface area contributed by atoms with Crippen LogP contribution in [0.5, 0.6) is 11.5 Å². The van der Waals surface area contributed by atoms with Gasteiger partial charge in [0.05, 0.1) is 20.3 Å². The summed E-state index contributed by atoms with van der Waals surface area (Å²) in [5.41, 5.74) is 3.49. The van der Waals surface area contributed by atoms with Crippen molar-refractivity contribution < 1.29 is 14.6 Å². The summed E-state index contributed by atoms with van der Waals surface area (Å²) >= 11 is 6.21. The average molecular weight is 446 g/mol. The molecule has 3 rings (SSSR count). The van der Waals surface area contributed by atoms with Gasteiger partial charge in [-0.05, 0) is 91.6 Å². The van der Waals surface area contributed by atoms with E-state index in [-0.39, 0.29) is 5.92 Å². The smallest absolute Gasteiger partial charge is 0.160 e. The molecule has 1 N–H and O–H groups in total. The summed E-state index contributed by atoms with van der Waals surface area (Å²) in [5.74, 6) is 2.76. The zero-order valence-electron chi connectivity index (χ0n) is 19.4. The molecule has 3 atom stereocenters. The van der Waals surface area contributed by atoms with E-state index >= 15 is 0 Å². The molecule has 0 spiro atoms. The topological polar surface area (TPSA) is 41.9 Å². The summed E-state index contributed by atoms with van der Waals surface area (Å²) in [4.78, 5) is 2.36. The Morgan fingerprint density at radius 2 is 1.81 bits per heavy atom. The number of aliphatic hydroxyl groups excluding tert-OH is 1. The predicted molar refractivity (Wildman–Crippen MR) is 127 cm³/mol. The number of hydrogen-bond acceptors (Lipinski definition) is 4. The molecular weight excluding hydrogens is 410 g/mol. The molecule has 1 aliphatic rings. The van der Waals surface area contributed by atoms with Crippen LogP contribution in [0.4, 0.5) is 0 Å². The highest BCUT2D eigenvalue weighted by Crippen LogP contribution is 2.43. The predicted octanol–water partition coefficient (Wildman–Crippen LogP) is 5.40. The lowest BCUT2D eigenvalue weighted by molar-refractivity contribution is 0.0321. The van der Waals surface area contributed by atoms with Gasteiger partial charge in [-0.25, -0.2) is 0 Å². The van der Waals surface area contributed by atoms with Gasteiger partial charge in [-0.3, -0.25) is 0 Å². The molecule has 1 aliphatic carbocycles. The lowest BCUT2D eigenvalue weighted by atomic mass is 9.68. The van der Waals surface area contributed by atoms with E-state index in [9.17, 15) is 5.11 Å². The van der Waals surface area contributed by atoms with Crippen molar-refractivity contribution in [2.45, 2.75) is 39.2 Å². The Balaban J connectivity index is 1.60. The highest BCUT2D eigenvalue weighted by atomic mass is 35.5. The Morgan fingerprint density at radius 3 is 2.48 bits per heavy atom. The van der Waals surface area contributed by atoms with Gasteiger partial charge in [0.15, 0.2) is 11.5 Å². The van der Waals surface area contributed by atoms with Crippen molar-refractivity contribution in [2.75, 3.05) is 34.4 Å². The van der Waals surface area contributed by atoms with Crippen LogP contribution in [-0.4, -0.2) is 44.4 Å². The fourth-order valence-electron chi connectivity index (χ4n) is 4.85. The van der Waals surface area contributed by atoms with Crippen molar-refractivity contribution in [3.05, 3.63) is 58.1 Å². The van der Waals surface area contributed by atoms with Crippen LogP contribution in [0.3, 0.4) is 0 Å². The molecule has 1 unspecified atom stereocenters. The number of hydrogen-bond donors (Lipinski definition) is 1. The standard InChI is InChI=1S/C26H36ClNO3/c1-17(2)23-16-19-15-20(27)7-8-21(19)26(29)22(23)11-13-28(3)12-10-18-6-9-24(30-4)25(14-18)31-5/h6-9,14-15,17,22-23,26,29H,10-13,16H2,1-5H3/t22-,23?,26+/m1/s1. The lowest BCUT2D eigenvalue weighted by Gasteiger charge is -2.40. The molecule has 0 saturated carbocycles. The highest BCUT2D eigenvalue weighted by molar-refractivity contribution is 6.30. The summed E-state index contributed by atoms with van der Waals surface area (Å²) in [7, 11) is 5.48. The summed E-state index contributed by atoms with van der Waals surface area (Å²) in [6.07, 6.45) is 2.49. The zero-order valence-corrected chi connectivity index (χ0v) is 20.2. The molecule has 0 amide bonds. The van der Waals surface area contributed by atoms with E-state index in [1.807, 2.05) is 24.3 Å². The van der Waals surface area contributed by atoms with Crippen LogP contribution in [0.1, 0.15) is 43.1 Å². The van der Waals surface area contributed by atoms with Gasteiger partial charge < -0.3 is 19.5 Å². The maximum atomic E-state index is 11.2. The Labute approximate surface area is 192 Å². The van der Waals surface area contributed by atoms with Crippen molar-refractivity contribution in [3.63, 3.8) is 0 Å². The van der Waals surface area contributed by atoms with E-state index in [1.54, 1.807) is 14.2 Å². The molecule has 0 heterocycles. The Kier molecular flexibility index (Phi) is 8.26. The van der Waals surface area contributed by atoms with E-state index in [4.69, 9.17) is 21.1 Å². The molecule has 4 nitrogen and oxygen atoms in total. The number of likely N-dealkylation sites (N-methyl/N-ethyl adjacent to an activating group) is 1. The molecule has 2 aromatic carbocycles. The number of halogens is 1. The van der Waals surface area contributed by atoms with Crippen molar-refractivity contribution in [2.24, 2.45) is 17.8 Å². The first-order chi connectivity index (χ1) is 14.8. The summed E-state index contributed by atoms with van der Waals surface area (Å²) in [6.45, 7) is 6.44. The molecule has 2 aromatic rings. The Hall–Kier alpha value is -1.75. The first kappa shape index (κ1) is 23.9. The Morgan fingerprint density at radius 1 is 1.06 bits per heavy atom. The monoisotopic (exact) mass is 445 g/mol. The van der Waals surface area contributed by atoms with E-state index in [0.29, 0.717) is 11.8 Å². The zero-order chi connectivity index (χ0) is 22.5. The minimum atomic E-state index is -0.423. The van der Waals surface area contributed by atoms with Crippen molar-refractivity contribution in [1.29, 1.82) is 0 Å². The minimum Gasteiger partial charge on any atom is -0.493 e. The molecule has 5 heteroatoms. The largest absolute Gasteiger partial charge is 0.493 e. The van der Waals surface area contributed by atoms with Gasteiger partial charge in [-0.15, -0.1) is 0 Å². The van der Waals surface area contributed by atoms with Crippen LogP contribution in [0, 0.1) is 17.8 Å². The van der Waals surface area contributed by atoms with Crippen molar-refractivity contribution in [3.8, 4) is 11.5 Å². The SMILES string of the molecule is COc1ccc(CCN(C)CC[C@@H]2C(C(C)C)Cc3cc(Cl)ccc3[C@@H]2O)cc1OC. The third kappa shape index (κ3) is 5.74. The molecule has 0 saturated heterocycles. The number of rotatable bonds is 9. The van der Waals surface area contributed by atoms with Crippen molar-refractivity contribution in [1.82, 2.24) is 4.90 Å². The fourth-order valence-corrected chi connectivity index (χ4v) is 5.04. The summed E-state index contributed by atoms with van der Waals surface area (Å²) < 4.78 is 10.7. The Bertz CT molecular complexity index is 870. The van der Waals surface area contributed by atoms with E-state index in [2.05, 4.69) is 37.9 Å². The molecule has 0 aliphatic heterocycles. The number of ether oxygens (including phenoxy) is 2. The first-order valence-electron chi connectivity index (χ1n) is 11.2. The minimum absolute atomic E-state index is 0.261. The second-order valence-electron chi connectivity index (χ2n) is 9.10. The van der Waals surface area contributed by atoms with Crippen LogP contribution in [0.2, 0.25) is 5.02 Å². The van der Waals surface area contributed by atoms with Crippen LogP contribution in [0.15, 0.2) is 36.4 Å². The number of aliphatic hydroxyl groups is 1. The van der Waals surface area contributed by atoms with Gasteiger partial charge in [-0.2, -0.15) is 0 Å². The fraction of sp³-hybridized carbons (Fsp3) is 0.538. The molecule has 0 aromatic heterocycles. The van der Waals surface area contributed by atoms with Gasteiger partial charge in [-0.1, -0.05) is 37.6 Å². The van der Waals surface area contributed by atoms with Gasteiger partial charge in [0.25, 0.3) is 0 Å². The van der Waals surface area contributed by atoms with Gasteiger partial charge in [0, 0.05) is 11.6 Å². The molecule has 31 heavy (non-hydrogen) atoms. The van der Waals surface area contributed by atoms with E-state index < -0.39 is 6.10 Å². The van der Waals surface area contributed by atoms with Crippen LogP contribution >= 0.6 is 11.6 Å². The molecule has 0 radical (unpaired) electrons. The highest BCUT2D eigenvalue weighted by Gasteiger charge is 2.37. The molecule has 170 valence electrons. The van der Waals surface area contributed by atoms with Crippen LogP contribution in [0.25, 0.3) is 0 Å². The van der Waals surface area contributed by atoms with E-state index in [0.717, 1.165) is 54.4 Å². The van der Waals surface area contributed by atoms with Crippen molar-refractivity contribution >= 4 is 11.6 Å². The van der Waals surface area contributed by atoms with Crippen LogP contribution < -0.4 is 9.47 Å².